The van der Waals surface area contributed by atoms with Crippen molar-refractivity contribution in [3.63, 3.8) is 0 Å². The summed E-state index contributed by atoms with van der Waals surface area (Å²) in [4.78, 5) is 0. The molecule has 3 heterocycles. The molecule has 3 nitrogen and oxygen atoms in total. The van der Waals surface area contributed by atoms with Crippen LogP contribution in [0.3, 0.4) is 0 Å². The van der Waals surface area contributed by atoms with Gasteiger partial charge >= 0.3 is 5.97 Å². The van der Waals surface area contributed by atoms with Gasteiger partial charge in [0.1, 0.15) is 0 Å². The van der Waals surface area contributed by atoms with Gasteiger partial charge in [0, 0.05) is 11.0 Å². The van der Waals surface area contributed by atoms with E-state index < -0.39 is 23.4 Å². The number of halogens is 3. The van der Waals surface area contributed by atoms with Crippen LogP contribution >= 0.6 is 0 Å². The highest BCUT2D eigenvalue weighted by Gasteiger charge is 2.53. The number of ether oxygens (including phenoxy) is 3. The van der Waals surface area contributed by atoms with Crippen LogP contribution in [0.2, 0.25) is 0 Å². The molecule has 3 saturated heterocycles. The standard InChI is InChI=1S/C28H27F3O3/c1-2-3-4-13-27-16-32-28(33-17-27,34-18-27)23-11-9-20(10-12-23)19-5-7-21(8-6-19)22-14-24(29)26(31)25(30)15-22/h5-12,14-15H,2-4,13,16-18H2,1H3. The number of unbranched alkanes of at least 4 members (excludes halogenated alkanes) is 2. The lowest BCUT2D eigenvalue weighted by Crippen LogP contribution is -2.58. The van der Waals surface area contributed by atoms with E-state index in [0.717, 1.165) is 41.7 Å². The second-order valence-corrected chi connectivity index (χ2v) is 9.29. The van der Waals surface area contributed by atoms with E-state index in [1.165, 1.54) is 12.8 Å². The first kappa shape index (κ1) is 23.1. The zero-order valence-electron chi connectivity index (χ0n) is 19.1. The highest BCUT2D eigenvalue weighted by Crippen LogP contribution is 2.46. The van der Waals surface area contributed by atoms with Gasteiger partial charge in [-0.15, -0.1) is 0 Å². The molecule has 0 radical (unpaired) electrons. The fourth-order valence-electron chi connectivity index (χ4n) is 4.65. The quantitative estimate of drug-likeness (QED) is 0.271. The Morgan fingerprint density at radius 3 is 1.65 bits per heavy atom. The van der Waals surface area contributed by atoms with Crippen molar-refractivity contribution in [2.24, 2.45) is 5.41 Å². The number of fused-ring (bicyclic) bond motifs is 3. The number of hydrogen-bond donors (Lipinski definition) is 0. The van der Waals surface area contributed by atoms with Gasteiger partial charge in [-0.1, -0.05) is 74.7 Å². The Morgan fingerprint density at radius 1 is 0.676 bits per heavy atom. The van der Waals surface area contributed by atoms with Gasteiger partial charge in [-0.25, -0.2) is 13.2 Å². The summed E-state index contributed by atoms with van der Waals surface area (Å²) in [5.74, 6) is -5.02. The van der Waals surface area contributed by atoms with Crippen LogP contribution in [0.4, 0.5) is 13.2 Å². The molecule has 0 aliphatic carbocycles. The zero-order valence-corrected chi connectivity index (χ0v) is 19.1. The first-order valence-electron chi connectivity index (χ1n) is 11.7. The van der Waals surface area contributed by atoms with Crippen molar-refractivity contribution in [2.45, 2.75) is 38.6 Å². The van der Waals surface area contributed by atoms with E-state index in [4.69, 9.17) is 14.2 Å². The van der Waals surface area contributed by atoms with Crippen LogP contribution in [-0.2, 0) is 20.2 Å². The van der Waals surface area contributed by atoms with Crippen LogP contribution < -0.4 is 0 Å². The molecule has 0 spiro atoms. The maximum atomic E-state index is 13.6. The lowest BCUT2D eigenvalue weighted by atomic mass is 9.82. The van der Waals surface area contributed by atoms with E-state index in [9.17, 15) is 13.2 Å². The molecule has 3 aliphatic heterocycles. The maximum absolute atomic E-state index is 13.6. The predicted octanol–water partition coefficient (Wildman–Crippen LogP) is 7.19. The van der Waals surface area contributed by atoms with E-state index in [0.29, 0.717) is 25.4 Å². The third kappa shape index (κ3) is 4.26. The summed E-state index contributed by atoms with van der Waals surface area (Å²) in [6, 6.07) is 17.0. The molecule has 3 fully saturated rings. The van der Waals surface area contributed by atoms with Gasteiger partial charge in [-0.05, 0) is 40.8 Å². The molecule has 34 heavy (non-hydrogen) atoms. The van der Waals surface area contributed by atoms with E-state index in [1.54, 1.807) is 12.1 Å². The summed E-state index contributed by atoms with van der Waals surface area (Å²) in [7, 11) is 0. The van der Waals surface area contributed by atoms with Gasteiger partial charge < -0.3 is 14.2 Å². The molecule has 0 unspecified atom stereocenters. The Balaban J connectivity index is 1.29. The molecule has 6 heteroatoms. The fraction of sp³-hybridized carbons (Fsp3) is 0.357. The molecule has 2 bridgehead atoms. The molecule has 0 atom stereocenters. The summed E-state index contributed by atoms with van der Waals surface area (Å²) in [5.41, 5.74) is 3.54. The van der Waals surface area contributed by atoms with Crippen molar-refractivity contribution in [3.05, 3.63) is 83.7 Å². The first-order chi connectivity index (χ1) is 16.4. The maximum Gasteiger partial charge on any atom is 0.312 e. The summed E-state index contributed by atoms with van der Waals surface area (Å²) in [6.07, 6.45) is 4.58. The van der Waals surface area contributed by atoms with Crippen molar-refractivity contribution < 1.29 is 27.4 Å². The van der Waals surface area contributed by atoms with Crippen LogP contribution in [0, 0.1) is 22.9 Å². The van der Waals surface area contributed by atoms with Gasteiger partial charge in [0.05, 0.1) is 19.8 Å². The number of hydrogen-bond acceptors (Lipinski definition) is 3. The molecule has 0 N–H and O–H groups in total. The fourth-order valence-corrected chi connectivity index (χ4v) is 4.65. The molecule has 3 aromatic rings. The number of benzene rings is 3. The van der Waals surface area contributed by atoms with Crippen molar-refractivity contribution in [1.29, 1.82) is 0 Å². The van der Waals surface area contributed by atoms with Crippen molar-refractivity contribution in [2.75, 3.05) is 19.8 Å². The summed E-state index contributed by atoms with van der Waals surface area (Å²) in [5, 5.41) is 0. The Kier molecular flexibility index (Phi) is 6.23. The van der Waals surface area contributed by atoms with Crippen molar-refractivity contribution in [1.82, 2.24) is 0 Å². The highest BCUT2D eigenvalue weighted by molar-refractivity contribution is 5.70. The monoisotopic (exact) mass is 468 g/mol. The average molecular weight is 469 g/mol. The van der Waals surface area contributed by atoms with Gasteiger partial charge in [-0.2, -0.15) is 0 Å². The minimum absolute atomic E-state index is 0.0467. The topological polar surface area (TPSA) is 27.7 Å². The molecule has 0 aromatic heterocycles. The van der Waals surface area contributed by atoms with E-state index in [-0.39, 0.29) is 11.0 Å². The summed E-state index contributed by atoms with van der Waals surface area (Å²) in [6.45, 7) is 4.08. The average Bonchev–Trinajstić information content (AvgIpc) is 2.88. The lowest BCUT2D eigenvalue weighted by molar-refractivity contribution is -0.480. The van der Waals surface area contributed by atoms with E-state index in [2.05, 4.69) is 6.92 Å². The zero-order chi connectivity index (χ0) is 23.8. The molecule has 178 valence electrons. The lowest BCUT2D eigenvalue weighted by Gasteiger charge is -2.52. The third-order valence-electron chi connectivity index (χ3n) is 6.79. The molecule has 3 aromatic carbocycles. The Bertz CT molecular complexity index is 1110. The van der Waals surface area contributed by atoms with Crippen LogP contribution in [0.25, 0.3) is 22.3 Å². The third-order valence-corrected chi connectivity index (χ3v) is 6.79. The molecular weight excluding hydrogens is 441 g/mol. The van der Waals surface area contributed by atoms with Gasteiger partial charge in [0.15, 0.2) is 17.5 Å². The predicted molar refractivity (Wildman–Crippen MR) is 123 cm³/mol. The van der Waals surface area contributed by atoms with Crippen LogP contribution in [0.5, 0.6) is 0 Å². The minimum Gasteiger partial charge on any atom is -0.323 e. The van der Waals surface area contributed by atoms with Crippen LogP contribution in [-0.4, -0.2) is 19.8 Å². The molecule has 0 amide bonds. The summed E-state index contributed by atoms with van der Waals surface area (Å²) < 4.78 is 58.6. The molecule has 0 saturated carbocycles. The SMILES string of the molecule is CCCCCC12COC(c3ccc(-c4ccc(-c5cc(F)c(F)c(F)c5)cc4)cc3)(OC1)OC2. The number of rotatable bonds is 7. The molecule has 6 rings (SSSR count). The normalized spacial score (nSPS) is 23.9. The largest absolute Gasteiger partial charge is 0.323 e. The minimum atomic E-state index is -1.46. The second kappa shape index (κ2) is 9.17. The van der Waals surface area contributed by atoms with Gasteiger partial charge in [0.2, 0.25) is 0 Å². The smallest absolute Gasteiger partial charge is 0.312 e. The second-order valence-electron chi connectivity index (χ2n) is 9.29. The van der Waals surface area contributed by atoms with Crippen molar-refractivity contribution in [3.8, 4) is 22.3 Å². The Labute approximate surface area is 197 Å². The summed E-state index contributed by atoms with van der Waals surface area (Å²) >= 11 is 0. The Morgan fingerprint density at radius 2 is 1.15 bits per heavy atom. The molecular formula is C28H27F3O3. The molecule has 3 aliphatic rings. The van der Waals surface area contributed by atoms with Crippen LogP contribution in [0.1, 0.15) is 38.2 Å². The van der Waals surface area contributed by atoms with Crippen molar-refractivity contribution >= 4 is 0 Å². The highest BCUT2D eigenvalue weighted by atomic mass is 19.2. The van der Waals surface area contributed by atoms with E-state index in [1.807, 2.05) is 36.4 Å². The first-order valence-corrected chi connectivity index (χ1v) is 11.7. The van der Waals surface area contributed by atoms with E-state index >= 15 is 0 Å². The van der Waals surface area contributed by atoms with Gasteiger partial charge in [-0.3, -0.25) is 0 Å². The van der Waals surface area contributed by atoms with Gasteiger partial charge in [0.25, 0.3) is 0 Å². The van der Waals surface area contributed by atoms with Crippen LogP contribution in [0.15, 0.2) is 60.7 Å². The Hall–Kier alpha value is -2.67.